The number of carbonyl (C=O) groups excluding carboxylic acids is 1. The standard InChI is InChI=1S/C17H22BrNO2/c1-10(19-16(20)14-2-3-15(18)21-14)17-7-11-4-12(8-17)6-13(5-11)9-17/h2-3,10-13H,4-9H2,1H3,(H,19,20)/t10-,11?,12?,13?,17?/m0/s1. The van der Waals surface area contributed by atoms with Gasteiger partial charge in [-0.3, -0.25) is 4.79 Å². The van der Waals surface area contributed by atoms with Crippen molar-refractivity contribution in [3.05, 3.63) is 22.6 Å². The van der Waals surface area contributed by atoms with Gasteiger partial charge in [-0.2, -0.15) is 0 Å². The second kappa shape index (κ2) is 4.87. The van der Waals surface area contributed by atoms with Crippen LogP contribution < -0.4 is 5.32 Å². The highest BCUT2D eigenvalue weighted by Crippen LogP contribution is 2.61. The second-order valence-corrected chi connectivity index (χ2v) is 8.36. The van der Waals surface area contributed by atoms with E-state index >= 15 is 0 Å². The zero-order chi connectivity index (χ0) is 14.6. The quantitative estimate of drug-likeness (QED) is 0.877. The van der Waals surface area contributed by atoms with Crippen molar-refractivity contribution in [1.82, 2.24) is 5.32 Å². The molecule has 3 nitrogen and oxygen atoms in total. The third-order valence-corrected chi connectivity index (χ3v) is 6.57. The Morgan fingerprint density at radius 3 is 2.29 bits per heavy atom. The van der Waals surface area contributed by atoms with Crippen LogP contribution in [-0.4, -0.2) is 11.9 Å². The van der Waals surface area contributed by atoms with Crippen LogP contribution in [0, 0.1) is 23.2 Å². The maximum absolute atomic E-state index is 12.3. The lowest BCUT2D eigenvalue weighted by Crippen LogP contribution is -2.55. The van der Waals surface area contributed by atoms with Gasteiger partial charge in [0.2, 0.25) is 0 Å². The first kappa shape index (κ1) is 13.9. The summed E-state index contributed by atoms with van der Waals surface area (Å²) in [5, 5.41) is 3.21. The fourth-order valence-corrected chi connectivity index (χ4v) is 5.87. The summed E-state index contributed by atoms with van der Waals surface area (Å²) in [5.41, 5.74) is 0.342. The Hall–Kier alpha value is -0.770. The molecule has 1 heterocycles. The minimum Gasteiger partial charge on any atom is -0.444 e. The summed E-state index contributed by atoms with van der Waals surface area (Å²) in [6.07, 6.45) is 8.23. The minimum absolute atomic E-state index is 0.0797. The van der Waals surface area contributed by atoms with E-state index in [1.54, 1.807) is 12.1 Å². The van der Waals surface area contributed by atoms with Gasteiger partial charge in [-0.05, 0) is 96.7 Å². The van der Waals surface area contributed by atoms with Crippen LogP contribution in [-0.2, 0) is 0 Å². The van der Waals surface area contributed by atoms with Gasteiger partial charge in [-0.25, -0.2) is 0 Å². The molecule has 0 radical (unpaired) electrons. The second-order valence-electron chi connectivity index (χ2n) is 7.58. The van der Waals surface area contributed by atoms with Crippen LogP contribution in [0.4, 0.5) is 0 Å². The molecular weight excluding hydrogens is 330 g/mol. The van der Waals surface area contributed by atoms with Crippen LogP contribution in [0.1, 0.15) is 56.0 Å². The predicted octanol–water partition coefficient (Wildman–Crippen LogP) is 4.38. The molecule has 0 spiro atoms. The van der Waals surface area contributed by atoms with E-state index in [4.69, 9.17) is 4.42 Å². The van der Waals surface area contributed by atoms with Crippen molar-refractivity contribution >= 4 is 21.8 Å². The van der Waals surface area contributed by atoms with E-state index in [1.807, 2.05) is 0 Å². The molecule has 1 aromatic heterocycles. The fraction of sp³-hybridized carbons (Fsp3) is 0.706. The monoisotopic (exact) mass is 351 g/mol. The van der Waals surface area contributed by atoms with Crippen LogP contribution in [0.2, 0.25) is 0 Å². The zero-order valence-corrected chi connectivity index (χ0v) is 14.0. The number of rotatable bonds is 3. The molecule has 4 aliphatic rings. The fourth-order valence-electron chi connectivity index (χ4n) is 5.57. The van der Waals surface area contributed by atoms with Gasteiger partial charge < -0.3 is 9.73 Å². The Labute approximate surface area is 134 Å². The van der Waals surface area contributed by atoms with E-state index in [1.165, 1.54) is 38.5 Å². The first-order valence-corrected chi connectivity index (χ1v) is 8.89. The number of furan rings is 1. The van der Waals surface area contributed by atoms with Gasteiger partial charge >= 0.3 is 0 Å². The molecule has 4 fully saturated rings. The average molecular weight is 352 g/mol. The number of hydrogen-bond acceptors (Lipinski definition) is 2. The summed E-state index contributed by atoms with van der Waals surface area (Å²) in [6, 6.07) is 3.73. The first-order chi connectivity index (χ1) is 10.0. The summed E-state index contributed by atoms with van der Waals surface area (Å²) < 4.78 is 5.98. The lowest BCUT2D eigenvalue weighted by molar-refractivity contribution is -0.0688. The molecule has 4 heteroatoms. The topological polar surface area (TPSA) is 42.2 Å². The van der Waals surface area contributed by atoms with E-state index in [0.717, 1.165) is 17.8 Å². The third kappa shape index (κ3) is 2.36. The summed E-state index contributed by atoms with van der Waals surface area (Å²) in [7, 11) is 0. The van der Waals surface area contributed by atoms with Crippen molar-refractivity contribution in [2.24, 2.45) is 23.2 Å². The smallest absolute Gasteiger partial charge is 0.287 e. The van der Waals surface area contributed by atoms with Crippen LogP contribution >= 0.6 is 15.9 Å². The van der Waals surface area contributed by atoms with Crippen molar-refractivity contribution in [2.45, 2.75) is 51.5 Å². The summed E-state index contributed by atoms with van der Waals surface area (Å²) in [4.78, 5) is 12.3. The Bertz CT molecular complexity index is 530. The van der Waals surface area contributed by atoms with Gasteiger partial charge in [0.05, 0.1) is 0 Å². The Kier molecular flexibility index (Phi) is 3.21. The molecule has 0 aliphatic heterocycles. The van der Waals surface area contributed by atoms with Crippen molar-refractivity contribution < 1.29 is 9.21 Å². The number of nitrogens with one attached hydrogen (secondary N) is 1. The minimum atomic E-state index is -0.0797. The number of carbonyl (C=O) groups is 1. The molecule has 1 amide bonds. The maximum Gasteiger partial charge on any atom is 0.287 e. The lowest BCUT2D eigenvalue weighted by Gasteiger charge is -2.59. The van der Waals surface area contributed by atoms with E-state index in [9.17, 15) is 4.79 Å². The van der Waals surface area contributed by atoms with Gasteiger partial charge in [-0.1, -0.05) is 0 Å². The zero-order valence-electron chi connectivity index (χ0n) is 12.4. The van der Waals surface area contributed by atoms with Gasteiger partial charge in [0, 0.05) is 6.04 Å². The first-order valence-electron chi connectivity index (χ1n) is 8.10. The molecule has 1 atom stereocenters. The van der Waals surface area contributed by atoms with Crippen LogP contribution in [0.5, 0.6) is 0 Å². The van der Waals surface area contributed by atoms with E-state index in [-0.39, 0.29) is 11.9 Å². The molecule has 5 rings (SSSR count). The highest BCUT2D eigenvalue weighted by atomic mass is 79.9. The van der Waals surface area contributed by atoms with E-state index < -0.39 is 0 Å². The molecule has 1 aromatic rings. The summed E-state index contributed by atoms with van der Waals surface area (Å²) in [5.74, 6) is 3.05. The molecule has 0 saturated heterocycles. The van der Waals surface area contributed by atoms with Crippen LogP contribution in [0.15, 0.2) is 21.2 Å². The Balaban J connectivity index is 1.50. The Morgan fingerprint density at radius 2 is 1.81 bits per heavy atom. The molecular formula is C17H22BrNO2. The third-order valence-electron chi connectivity index (χ3n) is 6.15. The molecule has 0 unspecified atom stereocenters. The van der Waals surface area contributed by atoms with Crippen LogP contribution in [0.3, 0.4) is 0 Å². The molecule has 114 valence electrons. The van der Waals surface area contributed by atoms with Crippen LogP contribution in [0.25, 0.3) is 0 Å². The normalized spacial score (nSPS) is 38.5. The number of halogens is 1. The van der Waals surface area contributed by atoms with Gasteiger partial charge in [0.15, 0.2) is 10.4 Å². The predicted molar refractivity (Wildman–Crippen MR) is 83.9 cm³/mol. The number of hydrogen-bond donors (Lipinski definition) is 1. The van der Waals surface area contributed by atoms with Crippen molar-refractivity contribution in [3.8, 4) is 0 Å². The lowest BCUT2D eigenvalue weighted by atomic mass is 9.48. The SMILES string of the molecule is C[C@H](NC(=O)c1ccc(Br)o1)C12CC3CC(CC(C3)C1)C2. The van der Waals surface area contributed by atoms with E-state index in [0.29, 0.717) is 15.8 Å². The molecule has 1 N–H and O–H groups in total. The average Bonchev–Trinajstić information content (AvgIpc) is 2.84. The largest absolute Gasteiger partial charge is 0.444 e. The summed E-state index contributed by atoms with van der Waals surface area (Å²) in [6.45, 7) is 2.20. The maximum atomic E-state index is 12.3. The van der Waals surface area contributed by atoms with Gasteiger partial charge in [0.25, 0.3) is 5.91 Å². The number of amides is 1. The van der Waals surface area contributed by atoms with Crippen molar-refractivity contribution in [3.63, 3.8) is 0 Å². The molecule has 0 aromatic carbocycles. The van der Waals surface area contributed by atoms with Crippen molar-refractivity contribution in [2.75, 3.05) is 0 Å². The van der Waals surface area contributed by atoms with Gasteiger partial charge in [0.1, 0.15) is 0 Å². The Morgan fingerprint density at radius 1 is 1.24 bits per heavy atom. The highest BCUT2D eigenvalue weighted by Gasteiger charge is 2.53. The molecule has 4 saturated carbocycles. The summed E-state index contributed by atoms with van der Waals surface area (Å²) >= 11 is 3.25. The molecule has 4 aliphatic carbocycles. The van der Waals surface area contributed by atoms with Crippen molar-refractivity contribution in [1.29, 1.82) is 0 Å². The molecule has 4 bridgehead atoms. The van der Waals surface area contributed by atoms with Gasteiger partial charge in [-0.15, -0.1) is 0 Å². The highest BCUT2D eigenvalue weighted by molar-refractivity contribution is 9.10. The molecule has 21 heavy (non-hydrogen) atoms. The van der Waals surface area contributed by atoms with E-state index in [2.05, 4.69) is 28.2 Å².